The summed E-state index contributed by atoms with van der Waals surface area (Å²) in [5.74, 6) is 0.202. The van der Waals surface area contributed by atoms with Crippen molar-refractivity contribution in [1.29, 1.82) is 0 Å². The maximum Gasteiger partial charge on any atom is 0.343 e. The second kappa shape index (κ2) is 16.7. The maximum atomic E-state index is 12.6. The first-order valence-corrected chi connectivity index (χ1v) is 14.0. The summed E-state index contributed by atoms with van der Waals surface area (Å²) in [7, 11) is 0. The number of hydrogen-bond acceptors (Lipinski definition) is 7. The highest BCUT2D eigenvalue weighted by molar-refractivity contribution is 6.29. The van der Waals surface area contributed by atoms with Crippen LogP contribution in [0.5, 0.6) is 11.5 Å². The molecule has 8 heteroatoms. The fraction of sp³-hybridized carbons (Fsp3) is 0.375. The highest BCUT2D eigenvalue weighted by Gasteiger charge is 2.16. The van der Waals surface area contributed by atoms with Crippen LogP contribution in [0.2, 0.25) is 0 Å². The minimum Gasteiger partial charge on any atom is -0.491 e. The van der Waals surface area contributed by atoms with Gasteiger partial charge in [0.15, 0.2) is 0 Å². The molecule has 0 unspecified atom stereocenters. The third-order valence-corrected chi connectivity index (χ3v) is 6.17. The minimum absolute atomic E-state index is 0.392. The fourth-order valence-corrected chi connectivity index (χ4v) is 3.69. The Morgan fingerprint density at radius 3 is 1.88 bits per heavy atom. The first kappa shape index (κ1) is 31.1. The average molecular weight is 569 g/mol. The molecule has 0 amide bonds. The number of alkyl halides is 1. The monoisotopic (exact) mass is 568 g/mol. The standard InChI is InChI=1S/C32H37ClO7/c1-4-5-18-36-19-20-37-21-22-38-29-14-12-27(13-15-29)26-6-8-28(9-7-26)32(35)40-30-16-10-25(11-17-30)24(3)39-31(34)23(2)33/h6-17,23-24H,4-5,18-22H2,1-3H3/t23-,24+/m0/s1. The Morgan fingerprint density at radius 2 is 1.27 bits per heavy atom. The normalized spacial score (nSPS) is 12.4. The van der Waals surface area contributed by atoms with Crippen LogP contribution in [0.4, 0.5) is 0 Å². The number of rotatable bonds is 16. The first-order valence-electron chi connectivity index (χ1n) is 13.5. The molecule has 0 aliphatic carbocycles. The number of unbranched alkanes of at least 4 members (excludes halogenated alkanes) is 1. The molecule has 3 rings (SSSR count). The van der Waals surface area contributed by atoms with Crippen LogP contribution >= 0.6 is 11.6 Å². The SMILES string of the molecule is CCCCOCCOCCOc1ccc(-c2ccc(C(=O)Oc3ccc([C@@H](C)OC(=O)[C@H](C)Cl)cc3)cc2)cc1. The van der Waals surface area contributed by atoms with Crippen molar-refractivity contribution >= 4 is 23.5 Å². The average Bonchev–Trinajstić information content (AvgIpc) is 2.97. The van der Waals surface area contributed by atoms with Crippen LogP contribution in [0.25, 0.3) is 11.1 Å². The van der Waals surface area contributed by atoms with Crippen LogP contribution in [0, 0.1) is 0 Å². The number of halogens is 1. The second-order valence-corrected chi connectivity index (χ2v) is 9.84. The molecule has 0 aliphatic heterocycles. The number of ether oxygens (including phenoxy) is 5. The van der Waals surface area contributed by atoms with E-state index in [0.29, 0.717) is 37.7 Å². The third kappa shape index (κ3) is 10.3. The molecule has 3 aromatic rings. The minimum atomic E-state index is -0.719. The van der Waals surface area contributed by atoms with Gasteiger partial charge in [-0.25, -0.2) is 4.79 Å². The summed E-state index contributed by atoms with van der Waals surface area (Å²) in [6, 6.07) is 21.8. The van der Waals surface area contributed by atoms with Crippen LogP contribution in [-0.2, 0) is 19.0 Å². The summed E-state index contributed by atoms with van der Waals surface area (Å²) in [5, 5.41) is -0.719. The van der Waals surface area contributed by atoms with Crippen molar-refractivity contribution in [1.82, 2.24) is 0 Å². The molecular weight excluding hydrogens is 532 g/mol. The van der Waals surface area contributed by atoms with Crippen LogP contribution in [0.1, 0.15) is 55.6 Å². The van der Waals surface area contributed by atoms with Gasteiger partial charge in [-0.3, -0.25) is 4.79 Å². The van der Waals surface area contributed by atoms with Crippen molar-refractivity contribution in [2.24, 2.45) is 0 Å². The molecule has 2 atom stereocenters. The highest BCUT2D eigenvalue weighted by Crippen LogP contribution is 2.25. The molecule has 40 heavy (non-hydrogen) atoms. The summed E-state index contributed by atoms with van der Waals surface area (Å²) in [4.78, 5) is 24.3. The second-order valence-electron chi connectivity index (χ2n) is 9.18. The van der Waals surface area contributed by atoms with Gasteiger partial charge in [0.2, 0.25) is 0 Å². The number of benzene rings is 3. The third-order valence-electron chi connectivity index (χ3n) is 6.00. The van der Waals surface area contributed by atoms with Gasteiger partial charge in [0, 0.05) is 6.61 Å². The molecule has 0 heterocycles. The van der Waals surface area contributed by atoms with E-state index in [1.54, 1.807) is 50.2 Å². The van der Waals surface area contributed by atoms with Crippen molar-refractivity contribution in [2.75, 3.05) is 33.0 Å². The Morgan fingerprint density at radius 1 is 0.725 bits per heavy atom. The van der Waals surface area contributed by atoms with Crippen LogP contribution in [0.3, 0.4) is 0 Å². The van der Waals surface area contributed by atoms with Gasteiger partial charge >= 0.3 is 11.9 Å². The zero-order valence-corrected chi connectivity index (χ0v) is 24.0. The van der Waals surface area contributed by atoms with Crippen molar-refractivity contribution in [2.45, 2.75) is 45.1 Å². The molecule has 214 valence electrons. The number of esters is 2. The lowest BCUT2D eigenvalue weighted by Gasteiger charge is -2.15. The smallest absolute Gasteiger partial charge is 0.343 e. The number of carbonyl (C=O) groups is 2. The van der Waals surface area contributed by atoms with Gasteiger partial charge in [0.25, 0.3) is 0 Å². The van der Waals surface area contributed by atoms with E-state index in [1.807, 2.05) is 36.4 Å². The summed E-state index contributed by atoms with van der Waals surface area (Å²) < 4.78 is 27.5. The Balaban J connectivity index is 1.44. The van der Waals surface area contributed by atoms with Crippen molar-refractivity contribution in [3.63, 3.8) is 0 Å². The van der Waals surface area contributed by atoms with Crippen LogP contribution in [-0.4, -0.2) is 50.4 Å². The molecule has 0 bridgehead atoms. The van der Waals surface area contributed by atoms with E-state index in [2.05, 4.69) is 6.92 Å². The van der Waals surface area contributed by atoms with Crippen molar-refractivity contribution in [3.05, 3.63) is 83.9 Å². The van der Waals surface area contributed by atoms with Gasteiger partial charge in [-0.2, -0.15) is 0 Å². The summed E-state index contributed by atoms with van der Waals surface area (Å²) in [6.07, 6.45) is 1.73. The molecule has 0 fully saturated rings. The van der Waals surface area contributed by atoms with Crippen molar-refractivity contribution < 1.29 is 33.3 Å². The molecular formula is C32H37ClO7. The van der Waals surface area contributed by atoms with Gasteiger partial charge < -0.3 is 23.7 Å². The summed E-state index contributed by atoms with van der Waals surface area (Å²) >= 11 is 5.75. The summed E-state index contributed by atoms with van der Waals surface area (Å²) in [5.41, 5.74) is 3.17. The van der Waals surface area contributed by atoms with E-state index in [-0.39, 0.29) is 0 Å². The van der Waals surface area contributed by atoms with Crippen molar-refractivity contribution in [3.8, 4) is 22.6 Å². The number of hydrogen-bond donors (Lipinski definition) is 0. The quantitative estimate of drug-likeness (QED) is 0.0795. The zero-order valence-electron chi connectivity index (χ0n) is 23.3. The van der Waals surface area contributed by atoms with E-state index in [4.69, 9.17) is 35.3 Å². The van der Waals surface area contributed by atoms with E-state index in [0.717, 1.165) is 41.9 Å². The van der Waals surface area contributed by atoms with Crippen LogP contribution in [0.15, 0.2) is 72.8 Å². The van der Waals surface area contributed by atoms with Gasteiger partial charge in [-0.15, -0.1) is 11.6 Å². The largest absolute Gasteiger partial charge is 0.491 e. The van der Waals surface area contributed by atoms with E-state index >= 15 is 0 Å². The lowest BCUT2D eigenvalue weighted by atomic mass is 10.0. The van der Waals surface area contributed by atoms with E-state index < -0.39 is 23.4 Å². The Bertz CT molecular complexity index is 1180. The van der Waals surface area contributed by atoms with Gasteiger partial charge in [0.05, 0.1) is 25.4 Å². The van der Waals surface area contributed by atoms with Gasteiger partial charge in [0.1, 0.15) is 29.6 Å². The molecule has 0 N–H and O–H groups in total. The lowest BCUT2D eigenvalue weighted by molar-refractivity contribution is -0.147. The molecule has 0 radical (unpaired) electrons. The highest BCUT2D eigenvalue weighted by atomic mass is 35.5. The zero-order chi connectivity index (χ0) is 28.7. The molecule has 0 saturated heterocycles. The lowest BCUT2D eigenvalue weighted by Crippen LogP contribution is -2.16. The van der Waals surface area contributed by atoms with E-state index in [9.17, 15) is 9.59 Å². The molecule has 0 saturated carbocycles. The predicted octanol–water partition coefficient (Wildman–Crippen LogP) is 7.02. The Kier molecular flexibility index (Phi) is 13.0. The van der Waals surface area contributed by atoms with Gasteiger partial charge in [-0.05, 0) is 73.4 Å². The fourth-order valence-electron chi connectivity index (χ4n) is 3.64. The summed E-state index contributed by atoms with van der Waals surface area (Å²) in [6.45, 7) is 8.36. The Hall–Kier alpha value is -3.39. The molecule has 0 aliphatic rings. The first-order chi connectivity index (χ1) is 19.4. The topological polar surface area (TPSA) is 80.3 Å². The Labute approximate surface area is 241 Å². The molecule has 0 spiro atoms. The molecule has 3 aromatic carbocycles. The molecule has 7 nitrogen and oxygen atoms in total. The predicted molar refractivity (Wildman–Crippen MR) is 155 cm³/mol. The van der Waals surface area contributed by atoms with Crippen LogP contribution < -0.4 is 9.47 Å². The maximum absolute atomic E-state index is 12.6. The molecule has 0 aromatic heterocycles. The number of carbonyl (C=O) groups excluding carboxylic acids is 2. The van der Waals surface area contributed by atoms with E-state index in [1.165, 1.54) is 0 Å². The van der Waals surface area contributed by atoms with Gasteiger partial charge in [-0.1, -0.05) is 49.7 Å².